The Morgan fingerprint density at radius 2 is 1.81 bits per heavy atom. The molecule has 1 saturated heterocycles. The summed E-state index contributed by atoms with van der Waals surface area (Å²) >= 11 is 0. The van der Waals surface area contributed by atoms with E-state index in [4.69, 9.17) is 5.73 Å². The molecule has 1 saturated carbocycles. The van der Waals surface area contributed by atoms with Crippen LogP contribution in [0.4, 0.5) is 5.69 Å². The van der Waals surface area contributed by atoms with E-state index in [2.05, 4.69) is 10.2 Å². The van der Waals surface area contributed by atoms with Gasteiger partial charge < -0.3 is 10.6 Å². The summed E-state index contributed by atoms with van der Waals surface area (Å²) in [5.41, 5.74) is 7.19. The molecule has 3 N–H and O–H groups in total. The Hall–Kier alpha value is -2.74. The normalized spacial score (nSPS) is 22.1. The molecule has 8 heteroatoms. The third kappa shape index (κ3) is 3.21. The van der Waals surface area contributed by atoms with Crippen LogP contribution in [0.15, 0.2) is 18.2 Å². The maximum Gasteiger partial charge on any atom is 0.262 e. The van der Waals surface area contributed by atoms with Gasteiger partial charge >= 0.3 is 0 Å². The number of nitrogens with zero attached hydrogens (tertiary/aromatic N) is 2. The summed E-state index contributed by atoms with van der Waals surface area (Å²) in [6.07, 6.45) is 2.67. The summed E-state index contributed by atoms with van der Waals surface area (Å²) in [5.74, 6) is -1.29. The molecule has 8 nitrogen and oxygen atoms in total. The highest BCUT2D eigenvalue weighted by Crippen LogP contribution is 2.34. The topological polar surface area (TPSA) is 113 Å². The van der Waals surface area contributed by atoms with Gasteiger partial charge in [0.15, 0.2) is 0 Å². The van der Waals surface area contributed by atoms with E-state index in [0.717, 1.165) is 17.1 Å². The Morgan fingerprint density at radius 3 is 2.48 bits per heavy atom. The second-order valence-electron chi connectivity index (χ2n) is 7.36. The van der Waals surface area contributed by atoms with Crippen LogP contribution < -0.4 is 16.0 Å². The fourth-order valence-corrected chi connectivity index (χ4v) is 3.75. The summed E-state index contributed by atoms with van der Waals surface area (Å²) in [4.78, 5) is 52.2. The van der Waals surface area contributed by atoms with Crippen LogP contribution >= 0.6 is 0 Å². The lowest BCUT2D eigenvalue weighted by Gasteiger charge is -2.27. The van der Waals surface area contributed by atoms with Gasteiger partial charge in [-0.15, -0.1) is 0 Å². The monoisotopic (exact) mass is 370 g/mol. The minimum atomic E-state index is -0.940. The molecule has 1 aliphatic carbocycles. The zero-order chi connectivity index (χ0) is 19.1. The van der Waals surface area contributed by atoms with Gasteiger partial charge in [0.05, 0.1) is 11.1 Å². The Kier molecular flexibility index (Phi) is 4.43. The number of rotatable bonds is 6. The predicted octanol–water partition coefficient (Wildman–Crippen LogP) is 0.263. The van der Waals surface area contributed by atoms with E-state index in [0.29, 0.717) is 30.1 Å². The summed E-state index contributed by atoms with van der Waals surface area (Å²) in [5, 5.41) is 2.20. The number of hydrogen-bond donors (Lipinski definition) is 2. The van der Waals surface area contributed by atoms with Gasteiger partial charge in [-0.2, -0.15) is 0 Å². The fourth-order valence-electron chi connectivity index (χ4n) is 3.75. The lowest BCUT2D eigenvalue weighted by molar-refractivity contribution is -0.136. The van der Waals surface area contributed by atoms with E-state index in [1.165, 1.54) is 12.8 Å². The van der Waals surface area contributed by atoms with Crippen LogP contribution in [0, 0.1) is 5.92 Å². The second kappa shape index (κ2) is 6.77. The average molecular weight is 370 g/mol. The molecule has 142 valence electrons. The van der Waals surface area contributed by atoms with Gasteiger partial charge in [0.1, 0.15) is 6.04 Å². The Bertz CT molecular complexity index is 833. The lowest BCUT2D eigenvalue weighted by Crippen LogP contribution is -2.54. The van der Waals surface area contributed by atoms with Crippen molar-refractivity contribution in [1.29, 1.82) is 0 Å². The molecule has 2 heterocycles. The molecular formula is C19H22N4O4. The maximum atomic E-state index is 12.9. The first kappa shape index (κ1) is 17.7. The molecular weight excluding hydrogens is 348 g/mol. The first-order valence-corrected chi connectivity index (χ1v) is 9.30. The number of nitrogens with two attached hydrogens (primary N) is 1. The van der Waals surface area contributed by atoms with Crippen LogP contribution in [0.3, 0.4) is 0 Å². The zero-order valence-corrected chi connectivity index (χ0v) is 14.9. The average Bonchev–Trinajstić information content (AvgIpc) is 3.42. The van der Waals surface area contributed by atoms with E-state index >= 15 is 0 Å². The summed E-state index contributed by atoms with van der Waals surface area (Å²) in [6.45, 7) is 2.06. The Morgan fingerprint density at radius 1 is 1.07 bits per heavy atom. The van der Waals surface area contributed by atoms with Gasteiger partial charge in [0.2, 0.25) is 11.8 Å². The van der Waals surface area contributed by atoms with Crippen LogP contribution in [0.1, 0.15) is 46.4 Å². The largest absolute Gasteiger partial charge is 0.370 e. The standard InChI is InChI=1S/C19H22N4O4/c20-7-8-22(10-11-1-2-11)12-3-4-13-14(9-12)19(27)23(18(13)26)15-5-6-16(24)21-17(15)25/h3-4,9,11,15H,1-2,5-8,10,20H2,(H,21,24,25). The number of carbonyl (C=O) groups excluding carboxylic acids is 4. The van der Waals surface area contributed by atoms with Crippen LogP contribution in [0.25, 0.3) is 0 Å². The summed E-state index contributed by atoms with van der Waals surface area (Å²) < 4.78 is 0. The van der Waals surface area contributed by atoms with Crippen molar-refractivity contribution in [2.75, 3.05) is 24.5 Å². The van der Waals surface area contributed by atoms with Gasteiger partial charge in [0, 0.05) is 31.7 Å². The van der Waals surface area contributed by atoms with Crippen molar-refractivity contribution in [2.45, 2.75) is 31.7 Å². The molecule has 0 radical (unpaired) electrons. The molecule has 4 rings (SSSR count). The molecule has 1 unspecified atom stereocenters. The summed E-state index contributed by atoms with van der Waals surface area (Å²) in [6, 6.07) is 4.26. The molecule has 27 heavy (non-hydrogen) atoms. The van der Waals surface area contributed by atoms with Crippen molar-refractivity contribution in [3.05, 3.63) is 29.3 Å². The van der Waals surface area contributed by atoms with Crippen molar-refractivity contribution < 1.29 is 19.2 Å². The Balaban J connectivity index is 1.61. The Labute approximate surface area is 156 Å². The highest BCUT2D eigenvalue weighted by Gasteiger charge is 2.44. The number of carbonyl (C=O) groups is 4. The van der Waals surface area contributed by atoms with Gasteiger partial charge in [-0.3, -0.25) is 29.4 Å². The number of amides is 4. The molecule has 1 atom stereocenters. The van der Waals surface area contributed by atoms with Gasteiger partial charge in [-0.1, -0.05) is 0 Å². The van der Waals surface area contributed by atoms with Crippen LogP contribution in [-0.2, 0) is 9.59 Å². The zero-order valence-electron chi connectivity index (χ0n) is 14.9. The van der Waals surface area contributed by atoms with Crippen molar-refractivity contribution in [2.24, 2.45) is 11.7 Å². The van der Waals surface area contributed by atoms with E-state index < -0.39 is 23.8 Å². The van der Waals surface area contributed by atoms with E-state index in [9.17, 15) is 19.2 Å². The van der Waals surface area contributed by atoms with Gasteiger partial charge in [-0.05, 0) is 43.4 Å². The maximum absolute atomic E-state index is 12.9. The highest BCUT2D eigenvalue weighted by molar-refractivity contribution is 6.23. The number of benzene rings is 1. The minimum Gasteiger partial charge on any atom is -0.370 e. The third-order valence-electron chi connectivity index (χ3n) is 5.36. The number of anilines is 1. The number of nitrogens with one attached hydrogen (secondary N) is 1. The lowest BCUT2D eigenvalue weighted by atomic mass is 10.0. The summed E-state index contributed by atoms with van der Waals surface area (Å²) in [7, 11) is 0. The molecule has 0 bridgehead atoms. The molecule has 3 aliphatic rings. The molecule has 4 amide bonds. The fraction of sp³-hybridized carbons (Fsp3) is 0.474. The van der Waals surface area contributed by atoms with E-state index in [1.54, 1.807) is 12.1 Å². The first-order valence-electron chi connectivity index (χ1n) is 9.30. The molecule has 1 aromatic carbocycles. The van der Waals surface area contributed by atoms with Crippen LogP contribution in [-0.4, -0.2) is 54.2 Å². The molecule has 1 aromatic rings. The van der Waals surface area contributed by atoms with Crippen molar-refractivity contribution in [3.63, 3.8) is 0 Å². The van der Waals surface area contributed by atoms with Crippen molar-refractivity contribution in [1.82, 2.24) is 10.2 Å². The molecule has 0 aromatic heterocycles. The molecule has 2 fully saturated rings. The van der Waals surface area contributed by atoms with Gasteiger partial charge in [0.25, 0.3) is 11.8 Å². The van der Waals surface area contributed by atoms with Crippen molar-refractivity contribution in [3.8, 4) is 0 Å². The SMILES string of the molecule is NCCN(CC1CC1)c1ccc2c(c1)C(=O)N(C1CCC(=O)NC1=O)C2=O. The van der Waals surface area contributed by atoms with Crippen LogP contribution in [0.2, 0.25) is 0 Å². The first-order chi connectivity index (χ1) is 13.0. The number of piperidine rings is 1. The third-order valence-corrected chi connectivity index (χ3v) is 5.36. The smallest absolute Gasteiger partial charge is 0.262 e. The quantitative estimate of drug-likeness (QED) is 0.695. The van der Waals surface area contributed by atoms with Gasteiger partial charge in [-0.25, -0.2) is 0 Å². The van der Waals surface area contributed by atoms with E-state index in [-0.39, 0.29) is 18.7 Å². The van der Waals surface area contributed by atoms with E-state index in [1.807, 2.05) is 6.07 Å². The molecule has 2 aliphatic heterocycles. The number of fused-ring (bicyclic) bond motifs is 1. The predicted molar refractivity (Wildman–Crippen MR) is 97.1 cm³/mol. The van der Waals surface area contributed by atoms with Crippen molar-refractivity contribution >= 4 is 29.3 Å². The number of imide groups is 2. The highest BCUT2D eigenvalue weighted by atomic mass is 16.2. The second-order valence-corrected chi connectivity index (χ2v) is 7.36. The minimum absolute atomic E-state index is 0.112. The van der Waals surface area contributed by atoms with Crippen LogP contribution in [0.5, 0.6) is 0 Å². The molecule has 0 spiro atoms. The number of hydrogen-bond acceptors (Lipinski definition) is 6.